The molecular formula is C14H13F2N3O3. The molecule has 2 aromatic rings. The molecule has 0 aliphatic carbocycles. The van der Waals surface area contributed by atoms with Crippen molar-refractivity contribution in [3.63, 3.8) is 0 Å². The molecule has 8 heteroatoms. The van der Waals surface area contributed by atoms with Crippen LogP contribution in [-0.2, 0) is 4.79 Å². The standard InChI is InChI=1S/C14H13F2N3O3/c15-12(16)9-7-8(11-4-2-6-22-11)17-14(18-9)19-5-1-3-10(19)13(20)21/h2,4,6-7,10,12H,1,3,5H2,(H,20,21)/t10-/m0/s1. The van der Waals surface area contributed by atoms with Gasteiger partial charge in [-0.2, -0.15) is 0 Å². The number of hydrogen-bond donors (Lipinski definition) is 1. The molecule has 1 aliphatic rings. The second kappa shape index (κ2) is 5.70. The second-order valence-electron chi connectivity index (χ2n) is 4.95. The number of carbonyl (C=O) groups is 1. The van der Waals surface area contributed by atoms with Crippen LogP contribution < -0.4 is 4.90 Å². The monoisotopic (exact) mass is 309 g/mol. The summed E-state index contributed by atoms with van der Waals surface area (Å²) in [5.74, 6) is -0.686. The first kappa shape index (κ1) is 14.4. The molecule has 1 N–H and O–H groups in total. The molecule has 3 rings (SSSR count). The van der Waals surface area contributed by atoms with Crippen molar-refractivity contribution in [1.29, 1.82) is 0 Å². The number of aromatic nitrogens is 2. The first-order valence-electron chi connectivity index (χ1n) is 6.76. The first-order chi connectivity index (χ1) is 10.6. The predicted molar refractivity (Wildman–Crippen MR) is 72.7 cm³/mol. The Morgan fingerprint density at radius 2 is 2.27 bits per heavy atom. The fraction of sp³-hybridized carbons (Fsp3) is 0.357. The van der Waals surface area contributed by atoms with Gasteiger partial charge >= 0.3 is 5.97 Å². The molecule has 0 unspecified atom stereocenters. The summed E-state index contributed by atoms with van der Waals surface area (Å²) in [5.41, 5.74) is -0.242. The molecule has 116 valence electrons. The Morgan fingerprint density at radius 3 is 2.91 bits per heavy atom. The third-order valence-corrected chi connectivity index (χ3v) is 3.53. The number of alkyl halides is 2. The Morgan fingerprint density at radius 1 is 1.45 bits per heavy atom. The minimum Gasteiger partial charge on any atom is -0.480 e. The highest BCUT2D eigenvalue weighted by molar-refractivity contribution is 5.78. The van der Waals surface area contributed by atoms with Crippen LogP contribution in [0.15, 0.2) is 28.9 Å². The Labute approximate surface area is 124 Å². The molecule has 1 fully saturated rings. The highest BCUT2D eigenvalue weighted by Crippen LogP contribution is 2.29. The first-order valence-corrected chi connectivity index (χ1v) is 6.76. The number of halogens is 2. The van der Waals surface area contributed by atoms with E-state index in [4.69, 9.17) is 4.42 Å². The van der Waals surface area contributed by atoms with Gasteiger partial charge in [0.2, 0.25) is 5.95 Å². The molecule has 1 aliphatic heterocycles. The van der Waals surface area contributed by atoms with E-state index in [1.165, 1.54) is 11.2 Å². The molecule has 3 heterocycles. The van der Waals surface area contributed by atoms with Gasteiger partial charge in [-0.25, -0.2) is 23.5 Å². The summed E-state index contributed by atoms with van der Waals surface area (Å²) in [6.07, 6.45) is -0.278. The Balaban J connectivity index is 2.05. The zero-order chi connectivity index (χ0) is 15.7. The lowest BCUT2D eigenvalue weighted by Gasteiger charge is -2.22. The number of hydrogen-bond acceptors (Lipinski definition) is 5. The van der Waals surface area contributed by atoms with Crippen molar-refractivity contribution >= 4 is 11.9 Å². The van der Waals surface area contributed by atoms with Crippen molar-refractivity contribution in [2.75, 3.05) is 11.4 Å². The van der Waals surface area contributed by atoms with Crippen molar-refractivity contribution in [3.05, 3.63) is 30.2 Å². The highest BCUT2D eigenvalue weighted by Gasteiger charge is 2.33. The third kappa shape index (κ3) is 2.63. The van der Waals surface area contributed by atoms with Crippen molar-refractivity contribution in [3.8, 4) is 11.5 Å². The number of rotatable bonds is 4. The minimum atomic E-state index is -2.78. The van der Waals surface area contributed by atoms with Crippen LogP contribution >= 0.6 is 0 Å². The smallest absolute Gasteiger partial charge is 0.326 e. The number of furan rings is 1. The summed E-state index contributed by atoms with van der Waals surface area (Å²) in [4.78, 5) is 20.7. The van der Waals surface area contributed by atoms with Gasteiger partial charge < -0.3 is 14.4 Å². The van der Waals surface area contributed by atoms with Crippen LogP contribution in [0.2, 0.25) is 0 Å². The minimum absolute atomic E-state index is 0.00546. The Hall–Kier alpha value is -2.51. The van der Waals surface area contributed by atoms with Gasteiger partial charge in [-0.1, -0.05) is 0 Å². The van der Waals surface area contributed by atoms with E-state index in [1.807, 2.05) is 0 Å². The molecule has 0 spiro atoms. The molecule has 1 saturated heterocycles. The van der Waals surface area contributed by atoms with Crippen molar-refractivity contribution in [1.82, 2.24) is 9.97 Å². The van der Waals surface area contributed by atoms with Gasteiger partial charge in [0.1, 0.15) is 17.4 Å². The predicted octanol–water partition coefficient (Wildman–Crippen LogP) is 2.73. The van der Waals surface area contributed by atoms with Gasteiger partial charge in [0.25, 0.3) is 6.43 Å². The lowest BCUT2D eigenvalue weighted by Crippen LogP contribution is -2.37. The lowest BCUT2D eigenvalue weighted by molar-refractivity contribution is -0.138. The van der Waals surface area contributed by atoms with Crippen LogP contribution in [0.1, 0.15) is 25.0 Å². The van der Waals surface area contributed by atoms with Gasteiger partial charge in [-0.05, 0) is 31.0 Å². The van der Waals surface area contributed by atoms with Crippen LogP contribution in [0.25, 0.3) is 11.5 Å². The topological polar surface area (TPSA) is 79.5 Å². The van der Waals surface area contributed by atoms with Gasteiger partial charge in [0, 0.05) is 6.54 Å². The summed E-state index contributed by atoms with van der Waals surface area (Å²) >= 11 is 0. The molecule has 0 radical (unpaired) electrons. The van der Waals surface area contributed by atoms with Crippen molar-refractivity contribution in [2.45, 2.75) is 25.3 Å². The van der Waals surface area contributed by atoms with Crippen LogP contribution in [0.3, 0.4) is 0 Å². The van der Waals surface area contributed by atoms with E-state index in [2.05, 4.69) is 9.97 Å². The number of nitrogens with zero attached hydrogens (tertiary/aromatic N) is 3. The van der Waals surface area contributed by atoms with E-state index >= 15 is 0 Å². The van der Waals surface area contributed by atoms with Crippen LogP contribution in [0.5, 0.6) is 0 Å². The number of anilines is 1. The summed E-state index contributed by atoms with van der Waals surface area (Å²) in [5, 5.41) is 9.21. The maximum atomic E-state index is 13.1. The summed E-state index contributed by atoms with van der Waals surface area (Å²) < 4.78 is 31.3. The third-order valence-electron chi connectivity index (χ3n) is 3.53. The van der Waals surface area contributed by atoms with Crippen LogP contribution in [-0.4, -0.2) is 33.6 Å². The maximum absolute atomic E-state index is 13.1. The van der Waals surface area contributed by atoms with Gasteiger partial charge in [0.15, 0.2) is 5.76 Å². The number of carboxylic acids is 1. The zero-order valence-corrected chi connectivity index (χ0v) is 11.4. The molecule has 2 aromatic heterocycles. The van der Waals surface area contributed by atoms with Crippen molar-refractivity contribution in [2.24, 2.45) is 0 Å². The largest absolute Gasteiger partial charge is 0.480 e. The van der Waals surface area contributed by atoms with E-state index in [0.717, 1.165) is 6.07 Å². The summed E-state index contributed by atoms with van der Waals surface area (Å²) in [7, 11) is 0. The molecule has 6 nitrogen and oxygen atoms in total. The molecule has 1 atom stereocenters. The summed E-state index contributed by atoms with van der Waals surface area (Å²) in [6.45, 7) is 0.418. The molecule has 22 heavy (non-hydrogen) atoms. The molecule has 0 aromatic carbocycles. The molecule has 0 saturated carbocycles. The van der Waals surface area contributed by atoms with Gasteiger partial charge in [0.05, 0.1) is 6.26 Å². The van der Waals surface area contributed by atoms with E-state index < -0.39 is 24.1 Å². The fourth-order valence-corrected chi connectivity index (χ4v) is 2.51. The SMILES string of the molecule is O=C(O)[C@@H]1CCCN1c1nc(-c2ccco2)cc(C(F)F)n1. The molecular weight excluding hydrogens is 296 g/mol. The van der Waals surface area contributed by atoms with E-state index in [0.29, 0.717) is 25.1 Å². The zero-order valence-electron chi connectivity index (χ0n) is 11.4. The average Bonchev–Trinajstić information content (AvgIpc) is 3.18. The Kier molecular flexibility index (Phi) is 3.74. The number of aliphatic carboxylic acids is 1. The normalized spacial score (nSPS) is 18.1. The van der Waals surface area contributed by atoms with E-state index in [1.54, 1.807) is 12.1 Å². The van der Waals surface area contributed by atoms with Crippen molar-refractivity contribution < 1.29 is 23.1 Å². The molecule has 0 amide bonds. The number of carboxylic acid groups (broad SMARTS) is 1. The van der Waals surface area contributed by atoms with E-state index in [-0.39, 0.29) is 11.6 Å². The van der Waals surface area contributed by atoms with Crippen LogP contribution in [0.4, 0.5) is 14.7 Å². The van der Waals surface area contributed by atoms with Gasteiger partial charge in [-0.15, -0.1) is 0 Å². The average molecular weight is 309 g/mol. The fourth-order valence-electron chi connectivity index (χ4n) is 2.51. The van der Waals surface area contributed by atoms with Gasteiger partial charge in [-0.3, -0.25) is 0 Å². The quantitative estimate of drug-likeness (QED) is 0.935. The van der Waals surface area contributed by atoms with Crippen LogP contribution in [0, 0.1) is 0 Å². The highest BCUT2D eigenvalue weighted by atomic mass is 19.3. The maximum Gasteiger partial charge on any atom is 0.326 e. The Bertz CT molecular complexity index is 676. The lowest BCUT2D eigenvalue weighted by atomic mass is 10.2. The second-order valence-corrected chi connectivity index (χ2v) is 4.95. The summed E-state index contributed by atoms with van der Waals surface area (Å²) in [6, 6.07) is 3.57. The molecule has 0 bridgehead atoms. The van der Waals surface area contributed by atoms with E-state index in [9.17, 15) is 18.7 Å².